The van der Waals surface area contributed by atoms with Crippen molar-refractivity contribution in [3.8, 4) is 5.75 Å². The van der Waals surface area contributed by atoms with Gasteiger partial charge in [0.2, 0.25) is 5.78 Å². The monoisotopic (exact) mass is 233 g/mol. The lowest BCUT2D eigenvalue weighted by Crippen LogP contribution is -2.39. The molecule has 4 nitrogen and oxygen atoms in total. The average Bonchev–Trinajstić information content (AvgIpc) is 2.36. The topological polar surface area (TPSA) is 46.6 Å². The van der Waals surface area contributed by atoms with Crippen LogP contribution in [-0.4, -0.2) is 30.2 Å². The number of benzene rings is 1. The molecule has 0 atom stereocenters. The summed E-state index contributed by atoms with van der Waals surface area (Å²) < 4.78 is 5.28. The van der Waals surface area contributed by atoms with E-state index in [9.17, 15) is 9.59 Å². The highest BCUT2D eigenvalue weighted by molar-refractivity contribution is 6.35. The molecule has 90 valence electrons. The summed E-state index contributed by atoms with van der Waals surface area (Å²) in [5.41, 5.74) is 2.20. The zero-order valence-corrected chi connectivity index (χ0v) is 10.0. The second-order valence-electron chi connectivity index (χ2n) is 4.13. The van der Waals surface area contributed by atoms with E-state index in [0.717, 1.165) is 17.7 Å². The zero-order chi connectivity index (χ0) is 12.4. The Morgan fingerprint density at radius 3 is 2.76 bits per heavy atom. The highest BCUT2D eigenvalue weighted by Crippen LogP contribution is 2.27. The van der Waals surface area contributed by atoms with Gasteiger partial charge in [-0.3, -0.25) is 9.59 Å². The first-order valence-corrected chi connectivity index (χ1v) is 5.58. The fraction of sp³-hybridized carbons (Fsp3) is 0.385. The highest BCUT2D eigenvalue weighted by atomic mass is 16.5. The third kappa shape index (κ3) is 2.16. The number of amides is 1. The van der Waals surface area contributed by atoms with Gasteiger partial charge >= 0.3 is 0 Å². The minimum absolute atomic E-state index is 0.414. The molecule has 1 aliphatic heterocycles. The third-order valence-corrected chi connectivity index (χ3v) is 3.04. The Kier molecular flexibility index (Phi) is 3.13. The Morgan fingerprint density at radius 2 is 2.12 bits per heavy atom. The van der Waals surface area contributed by atoms with E-state index < -0.39 is 11.7 Å². The molecule has 0 saturated carbocycles. The molecule has 0 aliphatic carbocycles. The minimum atomic E-state index is -0.415. The van der Waals surface area contributed by atoms with Gasteiger partial charge in [0.05, 0.1) is 7.11 Å². The van der Waals surface area contributed by atoms with Gasteiger partial charge in [0.1, 0.15) is 5.75 Å². The van der Waals surface area contributed by atoms with Crippen LogP contribution in [0.4, 0.5) is 0 Å². The maximum absolute atomic E-state index is 11.6. The van der Waals surface area contributed by atoms with Gasteiger partial charge in [-0.05, 0) is 18.1 Å². The molecule has 4 heteroatoms. The largest absolute Gasteiger partial charge is 0.496 e. The molecule has 0 spiro atoms. The fourth-order valence-corrected chi connectivity index (χ4v) is 2.14. The number of rotatable bonds is 2. The summed E-state index contributed by atoms with van der Waals surface area (Å²) in [7, 11) is 1.61. The molecule has 1 aromatic rings. The number of ketones is 1. The van der Waals surface area contributed by atoms with Crippen LogP contribution in [0.1, 0.15) is 18.1 Å². The van der Waals surface area contributed by atoms with Crippen molar-refractivity contribution < 1.29 is 14.3 Å². The van der Waals surface area contributed by atoms with Crippen LogP contribution < -0.4 is 4.74 Å². The van der Waals surface area contributed by atoms with E-state index in [1.54, 1.807) is 12.0 Å². The molecule has 1 heterocycles. The van der Waals surface area contributed by atoms with Crippen LogP contribution in [0.25, 0.3) is 0 Å². The van der Waals surface area contributed by atoms with Crippen molar-refractivity contribution in [2.45, 2.75) is 19.9 Å². The molecule has 0 unspecified atom stereocenters. The van der Waals surface area contributed by atoms with Crippen molar-refractivity contribution in [3.05, 3.63) is 29.3 Å². The first-order chi connectivity index (χ1) is 8.13. The number of fused-ring (bicyclic) bond motifs is 1. The van der Waals surface area contributed by atoms with Crippen molar-refractivity contribution in [3.63, 3.8) is 0 Å². The summed E-state index contributed by atoms with van der Waals surface area (Å²) >= 11 is 0. The maximum atomic E-state index is 11.6. The average molecular weight is 233 g/mol. The van der Waals surface area contributed by atoms with Crippen LogP contribution >= 0.6 is 0 Å². The smallest absolute Gasteiger partial charge is 0.289 e. The lowest BCUT2D eigenvalue weighted by molar-refractivity contribution is -0.144. The standard InChI is InChI=1S/C13H15NO3/c1-9(15)13(16)14-7-6-10-4-3-5-12(17-2)11(10)8-14/h3-5H,6-8H2,1-2H3. The first kappa shape index (κ1) is 11.6. The number of carbonyl (C=O) groups excluding carboxylic acids is 2. The molecule has 0 radical (unpaired) electrons. The number of methoxy groups -OCH3 is 1. The van der Waals surface area contributed by atoms with Crippen LogP contribution in [-0.2, 0) is 22.6 Å². The van der Waals surface area contributed by atoms with E-state index in [0.29, 0.717) is 13.1 Å². The van der Waals surface area contributed by atoms with Crippen LogP contribution in [0.15, 0.2) is 18.2 Å². The Balaban J connectivity index is 2.28. The van der Waals surface area contributed by atoms with Gasteiger partial charge in [-0.1, -0.05) is 12.1 Å². The Labute approximate surface area is 100 Å². The van der Waals surface area contributed by atoms with E-state index in [2.05, 4.69) is 0 Å². The number of carbonyl (C=O) groups is 2. The minimum Gasteiger partial charge on any atom is -0.496 e. The quantitative estimate of drug-likeness (QED) is 0.720. The second kappa shape index (κ2) is 4.57. The molecule has 0 bridgehead atoms. The molecular formula is C13H15NO3. The van der Waals surface area contributed by atoms with Crippen molar-refractivity contribution in [1.82, 2.24) is 4.90 Å². The van der Waals surface area contributed by atoms with Gasteiger partial charge in [-0.2, -0.15) is 0 Å². The van der Waals surface area contributed by atoms with Gasteiger partial charge in [0, 0.05) is 25.6 Å². The SMILES string of the molecule is COc1cccc2c1CN(C(=O)C(C)=O)CC2. The molecular weight excluding hydrogens is 218 g/mol. The third-order valence-electron chi connectivity index (χ3n) is 3.04. The van der Waals surface area contributed by atoms with Crippen LogP contribution in [0, 0.1) is 0 Å². The normalized spacial score (nSPS) is 14.1. The summed E-state index contributed by atoms with van der Waals surface area (Å²) in [6.45, 7) is 2.36. The summed E-state index contributed by atoms with van der Waals surface area (Å²) in [6, 6.07) is 5.86. The molecule has 2 rings (SSSR count). The van der Waals surface area contributed by atoms with E-state index in [4.69, 9.17) is 4.74 Å². The molecule has 17 heavy (non-hydrogen) atoms. The summed E-state index contributed by atoms with van der Waals surface area (Å²) in [5, 5.41) is 0. The number of hydrogen-bond acceptors (Lipinski definition) is 3. The lowest BCUT2D eigenvalue weighted by atomic mass is 9.98. The zero-order valence-electron chi connectivity index (χ0n) is 10.0. The Bertz CT molecular complexity index is 453. The molecule has 1 amide bonds. The van der Waals surface area contributed by atoms with Gasteiger partial charge in [-0.15, -0.1) is 0 Å². The van der Waals surface area contributed by atoms with Crippen molar-refractivity contribution >= 4 is 11.7 Å². The summed E-state index contributed by atoms with van der Waals surface area (Å²) in [4.78, 5) is 24.3. The van der Waals surface area contributed by atoms with Crippen molar-refractivity contribution in [1.29, 1.82) is 0 Å². The number of nitrogens with zero attached hydrogens (tertiary/aromatic N) is 1. The molecule has 1 aliphatic rings. The fourth-order valence-electron chi connectivity index (χ4n) is 2.14. The van der Waals surface area contributed by atoms with Crippen molar-refractivity contribution in [2.75, 3.05) is 13.7 Å². The van der Waals surface area contributed by atoms with E-state index in [1.807, 2.05) is 18.2 Å². The van der Waals surface area contributed by atoms with E-state index in [-0.39, 0.29) is 0 Å². The van der Waals surface area contributed by atoms with Crippen LogP contribution in [0.2, 0.25) is 0 Å². The maximum Gasteiger partial charge on any atom is 0.289 e. The van der Waals surface area contributed by atoms with Gasteiger partial charge in [-0.25, -0.2) is 0 Å². The predicted molar refractivity (Wildman–Crippen MR) is 62.8 cm³/mol. The highest BCUT2D eigenvalue weighted by Gasteiger charge is 2.25. The Hall–Kier alpha value is -1.84. The van der Waals surface area contributed by atoms with Gasteiger partial charge in [0.25, 0.3) is 5.91 Å². The second-order valence-corrected chi connectivity index (χ2v) is 4.13. The van der Waals surface area contributed by atoms with E-state index in [1.165, 1.54) is 12.5 Å². The summed E-state index contributed by atoms with van der Waals surface area (Å²) in [6.07, 6.45) is 0.769. The molecule has 0 N–H and O–H groups in total. The Morgan fingerprint density at radius 1 is 1.35 bits per heavy atom. The van der Waals surface area contributed by atoms with Crippen LogP contribution in [0.5, 0.6) is 5.75 Å². The first-order valence-electron chi connectivity index (χ1n) is 5.58. The number of hydrogen-bond donors (Lipinski definition) is 0. The predicted octanol–water partition coefficient (Wildman–Crippen LogP) is 1.17. The number of ether oxygens (including phenoxy) is 1. The molecule has 0 saturated heterocycles. The van der Waals surface area contributed by atoms with Crippen molar-refractivity contribution in [2.24, 2.45) is 0 Å². The van der Waals surface area contributed by atoms with E-state index >= 15 is 0 Å². The molecule has 0 fully saturated rings. The van der Waals surface area contributed by atoms with Gasteiger partial charge < -0.3 is 9.64 Å². The van der Waals surface area contributed by atoms with Gasteiger partial charge in [0.15, 0.2) is 0 Å². The molecule has 0 aromatic heterocycles. The summed E-state index contributed by atoms with van der Waals surface area (Å²) in [5.74, 6) is -0.0477. The molecule has 1 aromatic carbocycles. The van der Waals surface area contributed by atoms with Crippen LogP contribution in [0.3, 0.4) is 0 Å². The number of Topliss-reactive ketones (excluding diaryl/α,β-unsaturated/α-hetero) is 1. The lowest BCUT2D eigenvalue weighted by Gasteiger charge is -2.29.